The number of halogens is 1. The Kier molecular flexibility index (Phi) is 4.36. The van der Waals surface area contributed by atoms with Crippen molar-refractivity contribution in [1.82, 2.24) is 5.32 Å². The zero-order chi connectivity index (χ0) is 13.9. The van der Waals surface area contributed by atoms with Crippen molar-refractivity contribution in [3.05, 3.63) is 16.1 Å². The second-order valence-electron chi connectivity index (χ2n) is 5.26. The van der Waals surface area contributed by atoms with Gasteiger partial charge in [-0.25, -0.2) is 0 Å². The van der Waals surface area contributed by atoms with Gasteiger partial charge in [-0.2, -0.15) is 0 Å². The number of hydrogen-bond donors (Lipinski definition) is 1. The minimum atomic E-state index is 0.520. The lowest BCUT2D eigenvalue weighted by Crippen LogP contribution is -2.35. The number of hydrogen-bond acceptors (Lipinski definition) is 4. The van der Waals surface area contributed by atoms with E-state index in [1.807, 2.05) is 0 Å². The van der Waals surface area contributed by atoms with Gasteiger partial charge in [0.05, 0.1) is 7.11 Å². The normalized spacial score (nSPS) is 21.6. The zero-order valence-electron chi connectivity index (χ0n) is 11.7. The molecular weight excluding hydrogens is 322 g/mol. The fraction of sp³-hybridized carbons (Fsp3) is 0.600. The molecule has 1 saturated heterocycles. The first-order valence-electron chi connectivity index (χ1n) is 7.18. The highest BCUT2D eigenvalue weighted by Gasteiger charge is 2.24. The average Bonchev–Trinajstić information content (AvgIpc) is 2.49. The summed E-state index contributed by atoms with van der Waals surface area (Å²) >= 11 is 3.59. The summed E-state index contributed by atoms with van der Waals surface area (Å²) in [6.45, 7) is 2.30. The maximum absolute atomic E-state index is 5.70. The average molecular weight is 342 g/mol. The van der Waals surface area contributed by atoms with Gasteiger partial charge in [0, 0.05) is 11.6 Å². The highest BCUT2D eigenvalue weighted by atomic mass is 79.9. The highest BCUT2D eigenvalue weighted by Crippen LogP contribution is 2.46. The Labute approximate surface area is 127 Å². The minimum absolute atomic E-state index is 0.520. The molecule has 4 nitrogen and oxygen atoms in total. The summed E-state index contributed by atoms with van der Waals surface area (Å²) < 4.78 is 17.8. The van der Waals surface area contributed by atoms with Gasteiger partial charge < -0.3 is 19.5 Å². The molecule has 3 rings (SSSR count). The lowest BCUT2D eigenvalue weighted by atomic mass is 9.97. The van der Waals surface area contributed by atoms with Gasteiger partial charge in [0.2, 0.25) is 0 Å². The van der Waals surface area contributed by atoms with Crippen LogP contribution >= 0.6 is 15.9 Å². The van der Waals surface area contributed by atoms with Crippen LogP contribution in [0.5, 0.6) is 17.2 Å². The van der Waals surface area contributed by atoms with Crippen LogP contribution < -0.4 is 19.5 Å². The molecule has 0 aromatic heterocycles. The van der Waals surface area contributed by atoms with E-state index in [0.29, 0.717) is 19.3 Å². The first-order valence-corrected chi connectivity index (χ1v) is 7.97. The van der Waals surface area contributed by atoms with Crippen LogP contribution in [0.2, 0.25) is 0 Å². The molecule has 0 radical (unpaired) electrons. The van der Waals surface area contributed by atoms with E-state index >= 15 is 0 Å². The van der Waals surface area contributed by atoms with Crippen molar-refractivity contribution in [2.24, 2.45) is 0 Å². The Morgan fingerprint density at radius 3 is 2.95 bits per heavy atom. The largest absolute Gasteiger partial charge is 0.495 e. The van der Waals surface area contributed by atoms with Crippen molar-refractivity contribution in [2.45, 2.75) is 31.7 Å². The molecule has 5 heteroatoms. The van der Waals surface area contributed by atoms with Crippen LogP contribution in [0.15, 0.2) is 10.5 Å². The molecule has 0 aliphatic carbocycles. The molecule has 0 saturated carbocycles. The second kappa shape index (κ2) is 6.22. The van der Waals surface area contributed by atoms with Crippen LogP contribution in [0.1, 0.15) is 24.8 Å². The van der Waals surface area contributed by atoms with Gasteiger partial charge in [-0.15, -0.1) is 0 Å². The Balaban J connectivity index is 1.90. The third kappa shape index (κ3) is 2.74. The first kappa shape index (κ1) is 14.0. The monoisotopic (exact) mass is 341 g/mol. The van der Waals surface area contributed by atoms with E-state index in [0.717, 1.165) is 34.7 Å². The molecule has 1 atom stereocenters. The fourth-order valence-corrected chi connectivity index (χ4v) is 3.64. The Morgan fingerprint density at radius 1 is 1.35 bits per heavy atom. The molecular formula is C15H20BrNO3. The standard InChI is InChI=1S/C15H20BrNO3/c1-18-14-10(8-11-4-2-3-5-17-11)9-12-15(13(14)16)20-7-6-19-12/h9,11,17H,2-8H2,1H3. The van der Waals surface area contributed by atoms with Gasteiger partial charge in [-0.05, 0) is 47.8 Å². The third-order valence-electron chi connectivity index (χ3n) is 3.89. The number of methoxy groups -OCH3 is 1. The number of fused-ring (bicyclic) bond motifs is 1. The highest BCUT2D eigenvalue weighted by molar-refractivity contribution is 9.10. The van der Waals surface area contributed by atoms with Gasteiger partial charge in [0.1, 0.15) is 23.4 Å². The van der Waals surface area contributed by atoms with Crippen LogP contribution in [0.3, 0.4) is 0 Å². The van der Waals surface area contributed by atoms with E-state index in [9.17, 15) is 0 Å². The molecule has 20 heavy (non-hydrogen) atoms. The van der Waals surface area contributed by atoms with Gasteiger partial charge in [0.25, 0.3) is 0 Å². The quantitative estimate of drug-likeness (QED) is 0.917. The first-order chi connectivity index (χ1) is 9.79. The lowest BCUT2D eigenvalue weighted by Gasteiger charge is -2.26. The smallest absolute Gasteiger partial charge is 0.179 e. The van der Waals surface area contributed by atoms with E-state index < -0.39 is 0 Å². The van der Waals surface area contributed by atoms with Gasteiger partial charge >= 0.3 is 0 Å². The predicted molar refractivity (Wildman–Crippen MR) is 81.0 cm³/mol. The minimum Gasteiger partial charge on any atom is -0.495 e. The van der Waals surface area contributed by atoms with Crippen LogP contribution in [-0.4, -0.2) is 32.9 Å². The van der Waals surface area contributed by atoms with Crippen LogP contribution in [0.25, 0.3) is 0 Å². The molecule has 2 aliphatic rings. The lowest BCUT2D eigenvalue weighted by molar-refractivity contribution is 0.169. The molecule has 1 aromatic rings. The summed E-state index contributed by atoms with van der Waals surface area (Å²) in [5, 5.41) is 3.58. The summed E-state index contributed by atoms with van der Waals surface area (Å²) in [6, 6.07) is 2.58. The molecule has 1 aromatic carbocycles. The molecule has 0 amide bonds. The molecule has 2 heterocycles. The summed E-state index contributed by atoms with van der Waals surface area (Å²) in [7, 11) is 1.70. The molecule has 1 unspecified atom stereocenters. The maximum atomic E-state index is 5.70. The van der Waals surface area contributed by atoms with Crippen LogP contribution in [0.4, 0.5) is 0 Å². The Morgan fingerprint density at radius 2 is 2.20 bits per heavy atom. The summed E-state index contributed by atoms with van der Waals surface area (Å²) in [5.41, 5.74) is 1.17. The number of piperidine rings is 1. The zero-order valence-corrected chi connectivity index (χ0v) is 13.3. The topological polar surface area (TPSA) is 39.7 Å². The van der Waals surface area contributed by atoms with Crippen molar-refractivity contribution >= 4 is 15.9 Å². The van der Waals surface area contributed by atoms with Crippen molar-refractivity contribution < 1.29 is 14.2 Å². The maximum Gasteiger partial charge on any atom is 0.179 e. The van der Waals surface area contributed by atoms with E-state index in [1.165, 1.54) is 24.8 Å². The van der Waals surface area contributed by atoms with E-state index in [2.05, 4.69) is 27.3 Å². The van der Waals surface area contributed by atoms with Crippen LogP contribution in [-0.2, 0) is 6.42 Å². The number of ether oxygens (including phenoxy) is 3. The summed E-state index contributed by atoms with van der Waals surface area (Å²) in [5.74, 6) is 2.44. The number of benzene rings is 1. The summed E-state index contributed by atoms with van der Waals surface area (Å²) in [6.07, 6.45) is 4.75. The van der Waals surface area contributed by atoms with Crippen molar-refractivity contribution in [3.8, 4) is 17.2 Å². The Bertz CT molecular complexity index is 486. The van der Waals surface area contributed by atoms with Gasteiger partial charge in [0.15, 0.2) is 11.5 Å². The third-order valence-corrected chi connectivity index (χ3v) is 4.61. The molecule has 1 N–H and O–H groups in total. The molecule has 110 valence electrons. The number of nitrogens with one attached hydrogen (secondary N) is 1. The SMILES string of the molecule is COc1c(CC2CCCCN2)cc2c(c1Br)OCCO2. The van der Waals surface area contributed by atoms with Gasteiger partial charge in [-0.1, -0.05) is 6.42 Å². The fourth-order valence-electron chi connectivity index (χ4n) is 2.91. The summed E-state index contributed by atoms with van der Waals surface area (Å²) in [4.78, 5) is 0. The molecule has 0 bridgehead atoms. The molecule has 2 aliphatic heterocycles. The number of rotatable bonds is 3. The van der Waals surface area contributed by atoms with Crippen LogP contribution in [0, 0.1) is 0 Å². The van der Waals surface area contributed by atoms with Gasteiger partial charge in [-0.3, -0.25) is 0 Å². The van der Waals surface area contributed by atoms with E-state index in [1.54, 1.807) is 7.11 Å². The van der Waals surface area contributed by atoms with Crippen molar-refractivity contribution in [2.75, 3.05) is 26.9 Å². The van der Waals surface area contributed by atoms with Crippen molar-refractivity contribution in [3.63, 3.8) is 0 Å². The predicted octanol–water partition coefficient (Wildman–Crippen LogP) is 2.91. The van der Waals surface area contributed by atoms with E-state index in [-0.39, 0.29) is 0 Å². The second-order valence-corrected chi connectivity index (χ2v) is 6.05. The Hall–Kier alpha value is -0.940. The molecule has 1 fully saturated rings. The van der Waals surface area contributed by atoms with Crippen molar-refractivity contribution in [1.29, 1.82) is 0 Å². The molecule has 0 spiro atoms. The van der Waals surface area contributed by atoms with E-state index in [4.69, 9.17) is 14.2 Å².